The highest BCUT2D eigenvalue weighted by Crippen LogP contribution is 2.30. The van der Waals surface area contributed by atoms with Gasteiger partial charge >= 0.3 is 0 Å². The summed E-state index contributed by atoms with van der Waals surface area (Å²) in [5.41, 5.74) is -0.439. The Bertz CT molecular complexity index is 430. The lowest BCUT2D eigenvalue weighted by Crippen LogP contribution is -2.41. The fourth-order valence-corrected chi connectivity index (χ4v) is 2.89. The molecular weight excluding hydrogens is 256 g/mol. The second-order valence-corrected chi connectivity index (χ2v) is 5.76. The molecule has 0 radical (unpaired) electrons. The molecule has 0 spiro atoms. The first-order valence-corrected chi connectivity index (χ1v) is 7.56. The van der Waals surface area contributed by atoms with Gasteiger partial charge in [0.05, 0.1) is 13.2 Å². The number of benzene rings is 1. The van der Waals surface area contributed by atoms with Crippen LogP contribution in [0.5, 0.6) is 5.75 Å². The van der Waals surface area contributed by atoms with E-state index in [-0.39, 0.29) is 0 Å². The van der Waals surface area contributed by atoms with Crippen molar-refractivity contribution in [1.82, 2.24) is 5.32 Å². The average molecular weight is 278 g/mol. The van der Waals surface area contributed by atoms with Crippen molar-refractivity contribution in [3.8, 4) is 11.8 Å². The van der Waals surface area contributed by atoms with E-state index in [1.165, 1.54) is 0 Å². The van der Waals surface area contributed by atoms with E-state index in [0.29, 0.717) is 0 Å². The van der Waals surface area contributed by atoms with Gasteiger partial charge in [-0.15, -0.1) is 11.8 Å². The second kappa shape index (κ2) is 8.08. The Morgan fingerprint density at radius 3 is 2.79 bits per heavy atom. The van der Waals surface area contributed by atoms with Crippen molar-refractivity contribution in [2.45, 2.75) is 37.1 Å². The van der Waals surface area contributed by atoms with E-state index in [2.05, 4.69) is 18.3 Å². The predicted molar refractivity (Wildman–Crippen MR) is 80.6 cm³/mol. The van der Waals surface area contributed by atoms with Crippen molar-refractivity contribution >= 4 is 11.8 Å². The number of ether oxygens (including phenoxy) is 1. The van der Waals surface area contributed by atoms with Crippen molar-refractivity contribution in [3.05, 3.63) is 24.3 Å². The number of nitriles is 1. The van der Waals surface area contributed by atoms with E-state index in [1.54, 1.807) is 18.9 Å². The summed E-state index contributed by atoms with van der Waals surface area (Å²) in [7, 11) is 1.68. The van der Waals surface area contributed by atoms with E-state index in [0.717, 1.165) is 35.8 Å². The first-order chi connectivity index (χ1) is 9.15. The van der Waals surface area contributed by atoms with Gasteiger partial charge in [-0.2, -0.15) is 5.26 Å². The van der Waals surface area contributed by atoms with Gasteiger partial charge in [-0.1, -0.05) is 19.1 Å². The molecule has 1 unspecified atom stereocenters. The highest BCUT2D eigenvalue weighted by Gasteiger charge is 2.22. The molecule has 0 aliphatic rings. The highest BCUT2D eigenvalue weighted by molar-refractivity contribution is 7.99. The SMILES string of the molecule is CCCNC(C)(C#N)CCSc1ccccc1OC. The molecule has 0 aliphatic carbocycles. The van der Waals surface area contributed by atoms with Crippen LogP contribution in [0.4, 0.5) is 0 Å². The molecule has 1 atom stereocenters. The minimum Gasteiger partial charge on any atom is -0.496 e. The van der Waals surface area contributed by atoms with Gasteiger partial charge in [0.2, 0.25) is 0 Å². The maximum Gasteiger partial charge on any atom is 0.132 e. The summed E-state index contributed by atoms with van der Waals surface area (Å²) >= 11 is 1.73. The number of thioether (sulfide) groups is 1. The van der Waals surface area contributed by atoms with Gasteiger partial charge in [-0.25, -0.2) is 0 Å². The first kappa shape index (κ1) is 15.9. The molecule has 0 fully saturated rings. The summed E-state index contributed by atoms with van der Waals surface area (Å²) in [6.07, 6.45) is 1.85. The molecule has 0 aliphatic heterocycles. The van der Waals surface area contributed by atoms with Gasteiger partial charge in [0.1, 0.15) is 11.3 Å². The van der Waals surface area contributed by atoms with Crippen molar-refractivity contribution in [1.29, 1.82) is 5.26 Å². The maximum absolute atomic E-state index is 9.26. The number of hydrogen-bond donors (Lipinski definition) is 1. The molecule has 0 bridgehead atoms. The quantitative estimate of drug-likeness (QED) is 0.740. The van der Waals surface area contributed by atoms with E-state index in [9.17, 15) is 5.26 Å². The number of nitrogens with one attached hydrogen (secondary N) is 1. The van der Waals surface area contributed by atoms with Crippen LogP contribution in [0.3, 0.4) is 0 Å². The summed E-state index contributed by atoms with van der Waals surface area (Å²) in [6, 6.07) is 10.3. The topological polar surface area (TPSA) is 45.0 Å². The van der Waals surface area contributed by atoms with Crippen molar-refractivity contribution < 1.29 is 4.74 Å². The molecule has 1 rings (SSSR count). The van der Waals surface area contributed by atoms with Crippen molar-refractivity contribution in [3.63, 3.8) is 0 Å². The Morgan fingerprint density at radius 1 is 1.42 bits per heavy atom. The van der Waals surface area contributed by atoms with Crippen LogP contribution in [-0.2, 0) is 0 Å². The van der Waals surface area contributed by atoms with Gasteiger partial charge < -0.3 is 4.74 Å². The van der Waals surface area contributed by atoms with Crippen molar-refractivity contribution in [2.24, 2.45) is 0 Å². The number of rotatable bonds is 8. The maximum atomic E-state index is 9.26. The monoisotopic (exact) mass is 278 g/mol. The van der Waals surface area contributed by atoms with Gasteiger partial charge in [0.15, 0.2) is 0 Å². The first-order valence-electron chi connectivity index (χ1n) is 6.57. The van der Waals surface area contributed by atoms with Gasteiger partial charge in [0, 0.05) is 10.6 Å². The highest BCUT2D eigenvalue weighted by atomic mass is 32.2. The van der Waals surface area contributed by atoms with E-state index in [4.69, 9.17) is 4.74 Å². The largest absolute Gasteiger partial charge is 0.496 e. The molecule has 0 amide bonds. The molecular formula is C15H22N2OS. The molecule has 0 heterocycles. The van der Waals surface area contributed by atoms with Crippen LogP contribution < -0.4 is 10.1 Å². The molecule has 3 nitrogen and oxygen atoms in total. The summed E-state index contributed by atoms with van der Waals surface area (Å²) < 4.78 is 5.32. The molecule has 1 aromatic rings. The molecule has 0 saturated heterocycles. The zero-order valence-electron chi connectivity index (χ0n) is 11.9. The molecule has 19 heavy (non-hydrogen) atoms. The number of para-hydroxylation sites is 1. The lowest BCUT2D eigenvalue weighted by Gasteiger charge is -2.22. The Labute approximate surface area is 120 Å². The number of nitrogens with zero attached hydrogens (tertiary/aromatic N) is 1. The fraction of sp³-hybridized carbons (Fsp3) is 0.533. The minimum atomic E-state index is -0.439. The lowest BCUT2D eigenvalue weighted by molar-refractivity contribution is 0.404. The standard InChI is InChI=1S/C15H22N2OS/c1-4-10-17-15(2,12-16)9-11-19-14-8-6-5-7-13(14)18-3/h5-8,17H,4,9-11H2,1-3H3. The van der Waals surface area contributed by atoms with Gasteiger partial charge in [-0.3, -0.25) is 5.32 Å². The van der Waals surface area contributed by atoms with Crippen LogP contribution in [0, 0.1) is 11.3 Å². The molecule has 0 saturated carbocycles. The summed E-state index contributed by atoms with van der Waals surface area (Å²) in [4.78, 5) is 1.13. The average Bonchev–Trinajstić information content (AvgIpc) is 2.45. The molecule has 1 aromatic carbocycles. The molecule has 104 valence electrons. The van der Waals surface area contributed by atoms with E-state index >= 15 is 0 Å². The van der Waals surface area contributed by atoms with Crippen LogP contribution >= 0.6 is 11.8 Å². The predicted octanol–water partition coefficient (Wildman–Crippen LogP) is 3.46. The summed E-state index contributed by atoms with van der Waals surface area (Å²) in [5, 5.41) is 12.6. The fourth-order valence-electron chi connectivity index (χ4n) is 1.69. The Kier molecular flexibility index (Phi) is 6.75. The summed E-state index contributed by atoms with van der Waals surface area (Å²) in [6.45, 7) is 4.95. The van der Waals surface area contributed by atoms with E-state index < -0.39 is 5.54 Å². The third-order valence-electron chi connectivity index (χ3n) is 2.94. The zero-order chi connectivity index (χ0) is 14.1. The zero-order valence-corrected chi connectivity index (χ0v) is 12.7. The van der Waals surface area contributed by atoms with Gasteiger partial charge in [-0.05, 0) is 38.4 Å². The van der Waals surface area contributed by atoms with Gasteiger partial charge in [0.25, 0.3) is 0 Å². The second-order valence-electron chi connectivity index (χ2n) is 4.62. The molecule has 0 aromatic heterocycles. The normalized spacial score (nSPS) is 13.6. The Morgan fingerprint density at radius 2 is 2.16 bits per heavy atom. The smallest absolute Gasteiger partial charge is 0.132 e. The third kappa shape index (κ3) is 5.14. The molecule has 4 heteroatoms. The Hall–Kier alpha value is -1.18. The van der Waals surface area contributed by atoms with Crippen LogP contribution in [0.15, 0.2) is 29.2 Å². The number of methoxy groups -OCH3 is 1. The summed E-state index contributed by atoms with van der Waals surface area (Å²) in [5.74, 6) is 1.79. The van der Waals surface area contributed by atoms with Crippen LogP contribution in [0.1, 0.15) is 26.7 Å². The number of hydrogen-bond acceptors (Lipinski definition) is 4. The third-order valence-corrected chi connectivity index (χ3v) is 4.00. The van der Waals surface area contributed by atoms with Crippen LogP contribution in [0.25, 0.3) is 0 Å². The Balaban J connectivity index is 2.51. The van der Waals surface area contributed by atoms with Crippen LogP contribution in [0.2, 0.25) is 0 Å². The van der Waals surface area contributed by atoms with E-state index in [1.807, 2.05) is 31.2 Å². The lowest BCUT2D eigenvalue weighted by atomic mass is 10.0. The van der Waals surface area contributed by atoms with Crippen molar-refractivity contribution in [2.75, 3.05) is 19.4 Å². The molecule has 1 N–H and O–H groups in total. The van der Waals surface area contributed by atoms with Crippen LogP contribution in [-0.4, -0.2) is 24.9 Å². The minimum absolute atomic E-state index is 0.439.